The van der Waals surface area contributed by atoms with E-state index in [1.165, 1.54) is 6.92 Å². The Morgan fingerprint density at radius 3 is 2.48 bits per heavy atom. The van der Waals surface area contributed by atoms with Crippen LogP contribution in [0.4, 0.5) is 13.2 Å². The van der Waals surface area contributed by atoms with Gasteiger partial charge in [0.05, 0.1) is 5.69 Å². The van der Waals surface area contributed by atoms with Crippen molar-refractivity contribution >= 4 is 17.2 Å². The summed E-state index contributed by atoms with van der Waals surface area (Å²) in [4.78, 5) is 4.06. The zero-order valence-corrected chi connectivity index (χ0v) is 16.4. The van der Waals surface area contributed by atoms with Crippen LogP contribution < -0.4 is 0 Å². The van der Waals surface area contributed by atoms with Crippen LogP contribution in [0.2, 0.25) is 5.02 Å². The Kier molecular flexibility index (Phi) is 4.56. The molecule has 0 aliphatic heterocycles. The summed E-state index contributed by atoms with van der Waals surface area (Å²) < 4.78 is 48.1. The summed E-state index contributed by atoms with van der Waals surface area (Å²) in [7, 11) is 0. The van der Waals surface area contributed by atoms with Gasteiger partial charge in [-0.15, -0.1) is 10.2 Å². The lowest BCUT2D eigenvalue weighted by atomic mass is 10.3. The molecule has 0 bridgehead atoms. The highest BCUT2D eigenvalue weighted by atomic mass is 35.5. The van der Waals surface area contributed by atoms with Crippen molar-refractivity contribution in [2.45, 2.75) is 39.9 Å². The molecule has 12 heteroatoms. The second-order valence-corrected chi connectivity index (χ2v) is 6.96. The minimum atomic E-state index is -4.63. The molecule has 0 radical (unpaired) electrons. The maximum absolute atomic E-state index is 13.3. The number of halogens is 4. The van der Waals surface area contributed by atoms with Crippen molar-refractivity contribution in [1.82, 2.24) is 34.6 Å². The molecule has 4 aromatic rings. The van der Waals surface area contributed by atoms with E-state index in [2.05, 4.69) is 25.4 Å². The van der Waals surface area contributed by atoms with Crippen LogP contribution in [0.3, 0.4) is 0 Å². The highest BCUT2D eigenvalue weighted by Gasteiger charge is 2.36. The standard InChI is InChI=1S/C17H15ClF3N7O/c1-8-7-11(17(19,20)21)28-15(22-8)13(18)14(26-28)16-24-23-12(29-16)4-5-27-10(3)6-9(2)25-27/h6-7H,4-5H2,1-3H3. The molecule has 0 saturated heterocycles. The van der Waals surface area contributed by atoms with Gasteiger partial charge in [-0.05, 0) is 32.9 Å². The summed E-state index contributed by atoms with van der Waals surface area (Å²) in [5.74, 6) is 0.218. The largest absolute Gasteiger partial charge is 0.433 e. The van der Waals surface area contributed by atoms with Crippen LogP contribution in [0.1, 0.15) is 28.7 Å². The zero-order chi connectivity index (χ0) is 20.9. The molecule has 0 saturated carbocycles. The van der Waals surface area contributed by atoms with E-state index in [4.69, 9.17) is 16.0 Å². The van der Waals surface area contributed by atoms with Crippen molar-refractivity contribution in [2.75, 3.05) is 0 Å². The summed E-state index contributed by atoms with van der Waals surface area (Å²) in [6.45, 7) is 5.79. The molecule has 4 aromatic heterocycles. The lowest BCUT2D eigenvalue weighted by Crippen LogP contribution is -2.13. The first-order valence-corrected chi connectivity index (χ1v) is 8.98. The predicted molar refractivity (Wildman–Crippen MR) is 96.4 cm³/mol. The Hall–Kier alpha value is -2.95. The van der Waals surface area contributed by atoms with E-state index in [1.807, 2.05) is 19.9 Å². The van der Waals surface area contributed by atoms with Crippen LogP contribution in [0.25, 0.3) is 17.2 Å². The summed E-state index contributed by atoms with van der Waals surface area (Å²) in [5, 5.41) is 16.0. The molecule has 152 valence electrons. The number of hydrogen-bond acceptors (Lipinski definition) is 6. The molecular formula is C17H15ClF3N7O. The van der Waals surface area contributed by atoms with Crippen LogP contribution in [0.15, 0.2) is 16.5 Å². The maximum Gasteiger partial charge on any atom is 0.433 e. The third-order valence-corrected chi connectivity index (χ3v) is 4.61. The van der Waals surface area contributed by atoms with Gasteiger partial charge in [-0.1, -0.05) is 11.6 Å². The lowest BCUT2D eigenvalue weighted by molar-refractivity contribution is -0.142. The quantitative estimate of drug-likeness (QED) is 0.494. The van der Waals surface area contributed by atoms with Crippen molar-refractivity contribution in [2.24, 2.45) is 0 Å². The fourth-order valence-corrected chi connectivity index (χ4v) is 3.25. The molecule has 0 fully saturated rings. The summed E-state index contributed by atoms with van der Waals surface area (Å²) >= 11 is 6.24. The van der Waals surface area contributed by atoms with E-state index in [9.17, 15) is 13.2 Å². The second-order valence-electron chi connectivity index (χ2n) is 6.58. The van der Waals surface area contributed by atoms with E-state index < -0.39 is 11.9 Å². The van der Waals surface area contributed by atoms with E-state index in [-0.39, 0.29) is 27.9 Å². The zero-order valence-electron chi connectivity index (χ0n) is 15.6. The van der Waals surface area contributed by atoms with Crippen molar-refractivity contribution in [3.63, 3.8) is 0 Å². The van der Waals surface area contributed by atoms with Gasteiger partial charge in [-0.25, -0.2) is 9.50 Å². The number of rotatable bonds is 4. The molecular weight excluding hydrogens is 411 g/mol. The number of aromatic nitrogens is 7. The van der Waals surface area contributed by atoms with E-state index in [0.29, 0.717) is 23.4 Å². The van der Waals surface area contributed by atoms with Crippen LogP contribution in [0.5, 0.6) is 0 Å². The molecule has 0 N–H and O–H groups in total. The Morgan fingerprint density at radius 1 is 1.07 bits per heavy atom. The van der Waals surface area contributed by atoms with Gasteiger partial charge in [0.2, 0.25) is 5.89 Å². The van der Waals surface area contributed by atoms with Gasteiger partial charge in [0, 0.05) is 24.4 Å². The molecule has 8 nitrogen and oxygen atoms in total. The number of alkyl halides is 3. The maximum atomic E-state index is 13.3. The Balaban J connectivity index is 1.67. The topological polar surface area (TPSA) is 86.9 Å². The minimum absolute atomic E-state index is 0.0554. The number of fused-ring (bicyclic) bond motifs is 1. The first-order valence-electron chi connectivity index (χ1n) is 8.60. The summed E-state index contributed by atoms with van der Waals surface area (Å²) in [5.41, 5.74) is 0.878. The third kappa shape index (κ3) is 3.57. The Labute approximate surface area is 167 Å². The van der Waals surface area contributed by atoms with Crippen LogP contribution in [0, 0.1) is 20.8 Å². The third-order valence-electron chi connectivity index (χ3n) is 4.26. The van der Waals surface area contributed by atoms with Gasteiger partial charge in [-0.3, -0.25) is 4.68 Å². The van der Waals surface area contributed by atoms with Gasteiger partial charge in [0.15, 0.2) is 11.3 Å². The van der Waals surface area contributed by atoms with Crippen LogP contribution in [-0.4, -0.2) is 34.6 Å². The molecule has 0 amide bonds. The van der Waals surface area contributed by atoms with Gasteiger partial charge >= 0.3 is 6.18 Å². The van der Waals surface area contributed by atoms with Crippen LogP contribution in [-0.2, 0) is 19.1 Å². The fourth-order valence-electron chi connectivity index (χ4n) is 3.00. The summed E-state index contributed by atoms with van der Waals surface area (Å²) in [6.07, 6.45) is -4.23. The normalized spacial score (nSPS) is 12.2. The molecule has 4 heterocycles. The molecule has 0 aromatic carbocycles. The predicted octanol–water partition coefficient (Wildman–Crippen LogP) is 3.82. The molecule has 0 unspecified atom stereocenters. The minimum Gasteiger partial charge on any atom is -0.419 e. The molecule has 0 atom stereocenters. The Bertz CT molecular complexity index is 1210. The van der Waals surface area contributed by atoms with E-state index >= 15 is 0 Å². The lowest BCUT2D eigenvalue weighted by Gasteiger charge is -2.09. The monoisotopic (exact) mass is 425 g/mol. The highest BCUT2D eigenvalue weighted by Crippen LogP contribution is 2.35. The fraction of sp³-hybridized carbons (Fsp3) is 0.353. The van der Waals surface area contributed by atoms with Gasteiger partial charge in [0.25, 0.3) is 5.89 Å². The molecule has 0 aliphatic rings. The van der Waals surface area contributed by atoms with E-state index in [1.54, 1.807) is 4.68 Å². The van der Waals surface area contributed by atoms with Gasteiger partial charge < -0.3 is 4.42 Å². The first-order chi connectivity index (χ1) is 13.6. The van der Waals surface area contributed by atoms with Crippen molar-refractivity contribution in [1.29, 1.82) is 0 Å². The average molecular weight is 426 g/mol. The molecule has 0 spiro atoms. The number of hydrogen-bond donors (Lipinski definition) is 0. The smallest absolute Gasteiger partial charge is 0.419 e. The molecule has 4 rings (SSSR count). The van der Waals surface area contributed by atoms with Gasteiger partial charge in [0.1, 0.15) is 10.7 Å². The van der Waals surface area contributed by atoms with Crippen LogP contribution >= 0.6 is 11.6 Å². The SMILES string of the molecule is Cc1cc(C(F)(F)F)n2nc(-c3nnc(CCn4nc(C)cc4C)o3)c(Cl)c2n1. The van der Waals surface area contributed by atoms with Crippen molar-refractivity contribution < 1.29 is 17.6 Å². The number of aryl methyl sites for hydroxylation is 5. The van der Waals surface area contributed by atoms with Gasteiger partial charge in [-0.2, -0.15) is 23.4 Å². The summed E-state index contributed by atoms with van der Waals surface area (Å²) in [6, 6.07) is 2.84. The second kappa shape index (κ2) is 6.83. The number of nitrogens with zero attached hydrogens (tertiary/aromatic N) is 7. The van der Waals surface area contributed by atoms with Crippen molar-refractivity contribution in [3.8, 4) is 11.6 Å². The Morgan fingerprint density at radius 2 is 1.83 bits per heavy atom. The highest BCUT2D eigenvalue weighted by molar-refractivity contribution is 6.35. The first kappa shape index (κ1) is 19.4. The van der Waals surface area contributed by atoms with E-state index in [0.717, 1.165) is 17.5 Å². The molecule has 0 aliphatic carbocycles. The molecule has 29 heavy (non-hydrogen) atoms. The van der Waals surface area contributed by atoms with Crippen molar-refractivity contribution in [3.05, 3.63) is 45.8 Å². The average Bonchev–Trinajstić information content (AvgIpc) is 3.30.